The van der Waals surface area contributed by atoms with Gasteiger partial charge in [-0.2, -0.15) is 18.0 Å². The molecule has 18 heteroatoms. The number of hydrogen-bond donors (Lipinski definition) is 6. The molecule has 0 unspecified atom stereocenters. The van der Waals surface area contributed by atoms with E-state index in [9.17, 15) is 32.5 Å². The summed E-state index contributed by atoms with van der Waals surface area (Å²) in [7, 11) is -4.12. The van der Waals surface area contributed by atoms with Gasteiger partial charge in [0.15, 0.2) is 16.9 Å². The number of nitrogens with zero attached hydrogens (tertiary/aromatic N) is 5. The lowest BCUT2D eigenvalue weighted by molar-refractivity contribution is -0.438. The molecule has 17 nitrogen and oxygen atoms in total. The van der Waals surface area contributed by atoms with E-state index in [1.165, 1.54) is 39.5 Å². The van der Waals surface area contributed by atoms with Crippen LogP contribution in [0, 0.1) is 0 Å². The number of aromatic amines is 1. The molecule has 0 fully saturated rings. The predicted octanol–water partition coefficient (Wildman–Crippen LogP) is 12.6. The minimum Gasteiger partial charge on any atom is -0.480 e. The van der Waals surface area contributed by atoms with Gasteiger partial charge in [-0.05, 0) is 150 Å². The second kappa shape index (κ2) is 25.2. The Morgan fingerprint density at radius 3 is 2.26 bits per heavy atom. The Bertz CT molecular complexity index is 4370. The minimum atomic E-state index is -4.12. The highest BCUT2D eigenvalue weighted by Gasteiger charge is 2.46. The number of carbonyl (C=O) groups is 2. The number of H-pyrrole nitrogens is 1. The van der Waals surface area contributed by atoms with E-state index in [0.29, 0.717) is 42.1 Å². The number of unbranched alkanes of at least 4 members (excludes halogenated alkanes) is 3. The fourth-order valence-corrected chi connectivity index (χ4v) is 13.4. The molecule has 0 saturated carbocycles. The number of carboxylic acid groups (broad SMARTS) is 1. The highest BCUT2D eigenvalue weighted by Crippen LogP contribution is 2.51. The molecule has 2 aliphatic heterocycles. The van der Waals surface area contributed by atoms with Gasteiger partial charge < -0.3 is 31.1 Å². The molecule has 1 aliphatic carbocycles. The maximum atomic E-state index is 13.6. The summed E-state index contributed by atoms with van der Waals surface area (Å²) in [6.45, 7) is 13.0. The smallest absolute Gasteiger partial charge is 0.326 e. The number of hydrogen-bond acceptors (Lipinski definition) is 12. The average molecular weight is 1200 g/mol. The van der Waals surface area contributed by atoms with Crippen molar-refractivity contribution in [3.8, 4) is 5.75 Å². The lowest BCUT2D eigenvalue weighted by atomic mass is 9.78. The van der Waals surface area contributed by atoms with Crippen LogP contribution in [0.2, 0.25) is 0 Å². The Balaban J connectivity index is 0.889. The number of anilines is 3. The van der Waals surface area contributed by atoms with Crippen molar-refractivity contribution in [2.24, 2.45) is 0 Å². The molecule has 7 N–H and O–H groups in total. The third-order valence-corrected chi connectivity index (χ3v) is 18.0. The second-order valence-corrected chi connectivity index (χ2v) is 25.6. The van der Waals surface area contributed by atoms with E-state index in [2.05, 4.69) is 166 Å². The summed E-state index contributed by atoms with van der Waals surface area (Å²) >= 11 is 0. The zero-order chi connectivity index (χ0) is 61.9. The van der Waals surface area contributed by atoms with Crippen LogP contribution in [0.5, 0.6) is 5.75 Å². The molecule has 6 aromatic carbocycles. The number of nitrogens with two attached hydrogens (primary N) is 1. The van der Waals surface area contributed by atoms with E-state index in [4.69, 9.17) is 10.5 Å². The van der Waals surface area contributed by atoms with Crippen LogP contribution in [0.15, 0.2) is 179 Å². The largest absolute Gasteiger partial charge is 0.480 e. The average Bonchev–Trinajstić information content (AvgIpc) is 1.66. The number of carboxylic acids is 1. The maximum absolute atomic E-state index is 13.6. The Morgan fingerprint density at radius 2 is 1.55 bits per heavy atom. The summed E-state index contributed by atoms with van der Waals surface area (Å²) in [4.78, 5) is 56.2. The summed E-state index contributed by atoms with van der Waals surface area (Å²) in [5.41, 5.74) is 15.8. The summed E-state index contributed by atoms with van der Waals surface area (Å²) in [5, 5.41) is 21.1. The van der Waals surface area contributed by atoms with Crippen molar-refractivity contribution in [2.45, 2.75) is 116 Å². The molecular weight excluding hydrogens is 1130 g/mol. The molecule has 1 amide bonds. The van der Waals surface area contributed by atoms with Crippen molar-refractivity contribution < 1.29 is 37.0 Å². The van der Waals surface area contributed by atoms with E-state index in [0.717, 1.165) is 84.1 Å². The predicted molar refractivity (Wildman–Crippen MR) is 348 cm³/mol. The first kappa shape index (κ1) is 60.4. The second-order valence-electron chi connectivity index (χ2n) is 24.0. The molecular formula is C70H74N9O8S+. The molecule has 0 saturated heterocycles. The number of allylic oxidation sites excluding steroid dienone is 7. The Morgan fingerprint density at radius 1 is 0.830 bits per heavy atom. The summed E-state index contributed by atoms with van der Waals surface area (Å²) < 4.78 is 42.7. The maximum Gasteiger partial charge on any atom is 0.326 e. The van der Waals surface area contributed by atoms with Crippen LogP contribution in [0.4, 0.5) is 23.0 Å². The summed E-state index contributed by atoms with van der Waals surface area (Å²) in [5.74, 6) is -0.799. The Kier molecular flexibility index (Phi) is 17.3. The van der Waals surface area contributed by atoms with Gasteiger partial charge in [0, 0.05) is 65.1 Å². The Labute approximate surface area is 512 Å². The lowest BCUT2D eigenvalue weighted by Crippen LogP contribution is -2.42. The van der Waals surface area contributed by atoms with Gasteiger partial charge in [-0.3, -0.25) is 19.1 Å². The highest BCUT2D eigenvalue weighted by molar-refractivity contribution is 7.85. The number of aromatic nitrogens is 4. The van der Waals surface area contributed by atoms with Gasteiger partial charge in [-0.15, -0.1) is 0 Å². The van der Waals surface area contributed by atoms with Gasteiger partial charge in [0.2, 0.25) is 11.6 Å². The van der Waals surface area contributed by atoms with Crippen LogP contribution in [0.1, 0.15) is 119 Å². The van der Waals surface area contributed by atoms with Gasteiger partial charge in [0.05, 0.1) is 29.6 Å². The van der Waals surface area contributed by atoms with E-state index in [1.54, 1.807) is 24.3 Å². The number of ether oxygens (including phenoxy) is 1. The number of amides is 1. The molecule has 11 rings (SSSR count). The molecule has 0 radical (unpaired) electrons. The number of nitrogen functional groups attached to an aromatic ring is 1. The topological polar surface area (TPSA) is 246 Å². The van der Waals surface area contributed by atoms with Crippen LogP contribution < -0.4 is 31.6 Å². The van der Waals surface area contributed by atoms with Crippen molar-refractivity contribution in [3.05, 3.63) is 213 Å². The number of rotatable bonds is 22. The number of fused-ring (bicyclic) bond motifs is 7. The number of benzene rings is 6. The molecule has 1 atom stereocenters. The molecule has 0 spiro atoms. The minimum absolute atomic E-state index is 0.00867. The lowest BCUT2D eigenvalue weighted by Gasteiger charge is -2.28. The van der Waals surface area contributed by atoms with Crippen LogP contribution in [0.25, 0.3) is 32.7 Å². The van der Waals surface area contributed by atoms with Crippen molar-refractivity contribution >= 4 is 83.4 Å². The normalized spacial score (nSPS) is 16.7. The van der Waals surface area contributed by atoms with Gasteiger partial charge >= 0.3 is 5.97 Å². The summed E-state index contributed by atoms with van der Waals surface area (Å²) in [6.07, 6.45) is 16.9. The molecule has 3 aliphatic rings. The standard InChI is InChI=1S/C70H73N9O8S/c1-6-7-12-38-78-56-34-26-45-16-8-10-20-53(45)60(56)69(2,3)58(78)36-28-47-18-15-19-48(29-37-59-70(4,5)61-54-21-11-9-17-46(54)27-35-57(61)79(59)39-13-14-40-88(84,85)86)63(47)87-52-32-22-44(23-33-52)41-55(67(82)83)75-65(80)49-24-30-50(31-25-49)72-42-51-43-73-64-62(74-51)66(81)77-68(71)76-64/h8-11,16-17,20-37,43,55H,6-7,12-15,18-19,38-42H2,1-5H3,(H6-,71,72,73,75,76,77,80,81,82,83,84,85,86)/p+1/t55-/m0/s1. The van der Waals surface area contributed by atoms with Crippen molar-refractivity contribution in [1.82, 2.24) is 25.3 Å². The molecule has 4 heterocycles. The first-order valence-electron chi connectivity index (χ1n) is 30.2. The molecule has 8 aromatic rings. The van der Waals surface area contributed by atoms with Gasteiger partial charge in [-0.1, -0.05) is 106 Å². The molecule has 452 valence electrons. The third kappa shape index (κ3) is 12.8. The highest BCUT2D eigenvalue weighted by atomic mass is 32.2. The number of aliphatic carboxylic acids is 1. The van der Waals surface area contributed by atoms with Crippen LogP contribution >= 0.6 is 0 Å². The number of carbonyl (C=O) groups excluding carboxylic acids is 1. The SMILES string of the molecule is CCCCCN1/C(=C/C=C2\CCCC(/C=C/C3=[N+](CCCCS(=O)(=O)O)c4ccc5ccccc5c4C3(C)C)=C2Oc2ccc(C[C@H](NC(=O)c3ccc(NCc4cnc5nc(N)[nH]c(=O)c5n4)cc3)C(=O)O)cc2)C(C)(C)c2c1ccc1ccccc21. The van der Waals surface area contributed by atoms with Gasteiger partial charge in [0.25, 0.3) is 21.6 Å². The Hall–Kier alpha value is -9.26. The summed E-state index contributed by atoms with van der Waals surface area (Å²) in [6, 6.07) is 38.5. The van der Waals surface area contributed by atoms with Gasteiger partial charge in [0.1, 0.15) is 24.1 Å². The van der Waals surface area contributed by atoms with E-state index in [1.807, 2.05) is 30.3 Å². The van der Waals surface area contributed by atoms with Crippen LogP contribution in [0.3, 0.4) is 0 Å². The molecule has 2 aromatic heterocycles. The molecule has 0 bridgehead atoms. The van der Waals surface area contributed by atoms with Crippen molar-refractivity contribution in [3.63, 3.8) is 0 Å². The zero-order valence-electron chi connectivity index (χ0n) is 50.3. The van der Waals surface area contributed by atoms with Crippen LogP contribution in [-0.4, -0.2) is 85.1 Å². The van der Waals surface area contributed by atoms with E-state index in [-0.39, 0.29) is 46.8 Å². The van der Waals surface area contributed by atoms with Gasteiger partial charge in [-0.25, -0.2) is 14.8 Å². The first-order valence-corrected chi connectivity index (χ1v) is 31.8. The number of nitrogens with one attached hydrogen (secondary N) is 3. The fraction of sp³-hybridized carbons (Fsp3) is 0.300. The monoisotopic (exact) mass is 1200 g/mol. The zero-order valence-corrected chi connectivity index (χ0v) is 51.1. The van der Waals surface area contributed by atoms with E-state index >= 15 is 0 Å². The van der Waals surface area contributed by atoms with Crippen LogP contribution in [-0.2, 0) is 38.7 Å². The van der Waals surface area contributed by atoms with Crippen molar-refractivity contribution in [1.29, 1.82) is 0 Å². The van der Waals surface area contributed by atoms with E-state index < -0.39 is 39.0 Å². The molecule has 88 heavy (non-hydrogen) atoms. The van der Waals surface area contributed by atoms with Crippen molar-refractivity contribution in [2.75, 3.05) is 34.8 Å². The quantitative estimate of drug-likeness (QED) is 0.0210. The first-order chi connectivity index (χ1) is 42.3. The fourth-order valence-electron chi connectivity index (χ4n) is 12.8. The third-order valence-electron chi connectivity index (χ3n) is 17.2.